The molecule has 0 heterocycles. The zero-order chi connectivity index (χ0) is 14.1. The van der Waals surface area contributed by atoms with Gasteiger partial charge >= 0.3 is 0 Å². The second kappa shape index (κ2) is 8.89. The summed E-state index contributed by atoms with van der Waals surface area (Å²) in [6.45, 7) is 4.23. The second-order valence-corrected chi connectivity index (χ2v) is 4.80. The van der Waals surface area contributed by atoms with Gasteiger partial charge in [0.25, 0.3) is 0 Å². The summed E-state index contributed by atoms with van der Waals surface area (Å²) in [4.78, 5) is 2.21. The molecule has 4 nitrogen and oxygen atoms in total. The molecule has 1 rings (SSSR count). The zero-order valence-corrected chi connectivity index (χ0v) is 12.2. The van der Waals surface area contributed by atoms with E-state index in [1.807, 2.05) is 6.07 Å². The number of nitrogens with one attached hydrogen (secondary N) is 1. The van der Waals surface area contributed by atoms with Crippen molar-refractivity contribution in [3.8, 4) is 6.07 Å². The molecule has 104 valence electrons. The predicted octanol–water partition coefficient (Wildman–Crippen LogP) is 1.88. The molecule has 1 aromatic carbocycles. The summed E-state index contributed by atoms with van der Waals surface area (Å²) in [6.07, 6.45) is 0. The van der Waals surface area contributed by atoms with Crippen LogP contribution in [-0.4, -0.2) is 45.3 Å². The second-order valence-electron chi connectivity index (χ2n) is 4.39. The summed E-state index contributed by atoms with van der Waals surface area (Å²) in [5, 5.41) is 12.7. The van der Waals surface area contributed by atoms with Gasteiger partial charge in [0.1, 0.15) is 0 Å². The third kappa shape index (κ3) is 6.04. The van der Waals surface area contributed by atoms with Crippen LogP contribution in [-0.2, 0) is 11.3 Å². The molecular formula is C14H20ClN3O. The molecule has 0 aliphatic rings. The van der Waals surface area contributed by atoms with Crippen LogP contribution in [0, 0.1) is 11.3 Å². The van der Waals surface area contributed by atoms with E-state index >= 15 is 0 Å². The molecular weight excluding hydrogens is 262 g/mol. The highest BCUT2D eigenvalue weighted by atomic mass is 35.5. The quantitative estimate of drug-likeness (QED) is 0.739. The van der Waals surface area contributed by atoms with Gasteiger partial charge in [-0.3, -0.25) is 0 Å². The summed E-state index contributed by atoms with van der Waals surface area (Å²) >= 11 is 6.10. The number of hydrogen-bond acceptors (Lipinski definition) is 4. The van der Waals surface area contributed by atoms with Crippen molar-refractivity contribution in [2.75, 3.05) is 40.4 Å². The molecule has 0 saturated carbocycles. The lowest BCUT2D eigenvalue weighted by Gasteiger charge is -2.16. The van der Waals surface area contributed by atoms with Crippen molar-refractivity contribution in [1.82, 2.24) is 10.2 Å². The van der Waals surface area contributed by atoms with Gasteiger partial charge in [0, 0.05) is 38.3 Å². The first-order valence-corrected chi connectivity index (χ1v) is 6.62. The third-order valence-electron chi connectivity index (χ3n) is 2.85. The summed E-state index contributed by atoms with van der Waals surface area (Å²) in [6, 6.07) is 7.45. The number of rotatable bonds is 8. The minimum atomic E-state index is 0.591. The van der Waals surface area contributed by atoms with Crippen molar-refractivity contribution in [3.63, 3.8) is 0 Å². The SMILES string of the molecule is COCCN(C)CCNCc1ccc(C#N)cc1Cl. The number of halogens is 1. The van der Waals surface area contributed by atoms with E-state index in [0.29, 0.717) is 17.1 Å². The summed E-state index contributed by atoms with van der Waals surface area (Å²) in [7, 11) is 3.77. The van der Waals surface area contributed by atoms with Gasteiger partial charge in [0.2, 0.25) is 0 Å². The van der Waals surface area contributed by atoms with Crippen LogP contribution < -0.4 is 5.32 Å². The summed E-state index contributed by atoms with van der Waals surface area (Å²) < 4.78 is 5.02. The number of methoxy groups -OCH3 is 1. The minimum Gasteiger partial charge on any atom is -0.383 e. The maximum atomic E-state index is 8.76. The van der Waals surface area contributed by atoms with E-state index in [1.54, 1.807) is 19.2 Å². The maximum Gasteiger partial charge on any atom is 0.0992 e. The Morgan fingerprint density at radius 2 is 2.21 bits per heavy atom. The number of nitrogens with zero attached hydrogens (tertiary/aromatic N) is 2. The summed E-state index contributed by atoms with van der Waals surface area (Å²) in [5.41, 5.74) is 1.60. The zero-order valence-electron chi connectivity index (χ0n) is 11.4. The van der Waals surface area contributed by atoms with Crippen LogP contribution in [0.5, 0.6) is 0 Å². The molecule has 0 unspecified atom stereocenters. The van der Waals surface area contributed by atoms with Crippen LogP contribution in [0.2, 0.25) is 5.02 Å². The fourth-order valence-corrected chi connectivity index (χ4v) is 1.86. The molecule has 0 aromatic heterocycles. The van der Waals surface area contributed by atoms with Gasteiger partial charge in [-0.15, -0.1) is 0 Å². The van der Waals surface area contributed by atoms with E-state index in [4.69, 9.17) is 21.6 Å². The van der Waals surface area contributed by atoms with Crippen molar-refractivity contribution in [1.29, 1.82) is 5.26 Å². The number of likely N-dealkylation sites (N-methyl/N-ethyl adjacent to an activating group) is 1. The molecule has 0 spiro atoms. The number of ether oxygens (including phenoxy) is 1. The van der Waals surface area contributed by atoms with Crippen molar-refractivity contribution in [2.24, 2.45) is 0 Å². The Kier molecular flexibility index (Phi) is 7.46. The Bertz CT molecular complexity index is 431. The largest absolute Gasteiger partial charge is 0.383 e. The van der Waals surface area contributed by atoms with Crippen molar-refractivity contribution < 1.29 is 4.74 Å². The van der Waals surface area contributed by atoms with Crippen molar-refractivity contribution in [3.05, 3.63) is 34.3 Å². The van der Waals surface area contributed by atoms with Crippen LogP contribution in [0.15, 0.2) is 18.2 Å². The van der Waals surface area contributed by atoms with Crippen LogP contribution in [0.1, 0.15) is 11.1 Å². The molecule has 0 aliphatic heterocycles. The highest BCUT2D eigenvalue weighted by Crippen LogP contribution is 2.17. The molecule has 0 aliphatic carbocycles. The fourth-order valence-electron chi connectivity index (χ4n) is 1.61. The van der Waals surface area contributed by atoms with E-state index in [1.165, 1.54) is 0 Å². The van der Waals surface area contributed by atoms with Gasteiger partial charge in [0.05, 0.1) is 18.2 Å². The highest BCUT2D eigenvalue weighted by molar-refractivity contribution is 6.31. The molecule has 0 atom stereocenters. The van der Waals surface area contributed by atoms with Gasteiger partial charge < -0.3 is 15.0 Å². The van der Waals surface area contributed by atoms with Crippen LogP contribution >= 0.6 is 11.6 Å². The smallest absolute Gasteiger partial charge is 0.0992 e. The maximum absolute atomic E-state index is 8.76. The first-order chi connectivity index (χ1) is 9.17. The molecule has 1 N–H and O–H groups in total. The van der Waals surface area contributed by atoms with Gasteiger partial charge in [0.15, 0.2) is 0 Å². The third-order valence-corrected chi connectivity index (χ3v) is 3.20. The van der Waals surface area contributed by atoms with Crippen LogP contribution in [0.25, 0.3) is 0 Å². The molecule has 0 fully saturated rings. The average Bonchev–Trinajstić information content (AvgIpc) is 2.42. The first-order valence-electron chi connectivity index (χ1n) is 6.24. The molecule has 0 radical (unpaired) electrons. The molecule has 19 heavy (non-hydrogen) atoms. The Balaban J connectivity index is 2.28. The Morgan fingerprint density at radius 1 is 1.42 bits per heavy atom. The Morgan fingerprint density at radius 3 is 2.84 bits per heavy atom. The van der Waals surface area contributed by atoms with Crippen LogP contribution in [0.3, 0.4) is 0 Å². The molecule has 0 amide bonds. The van der Waals surface area contributed by atoms with E-state index in [2.05, 4.69) is 23.3 Å². The lowest BCUT2D eigenvalue weighted by molar-refractivity contribution is 0.161. The molecule has 0 saturated heterocycles. The Labute approximate surface area is 119 Å². The number of hydrogen-bond donors (Lipinski definition) is 1. The summed E-state index contributed by atoms with van der Waals surface area (Å²) in [5.74, 6) is 0. The lowest BCUT2D eigenvalue weighted by Crippen LogP contribution is -2.31. The molecule has 1 aromatic rings. The lowest BCUT2D eigenvalue weighted by atomic mass is 10.1. The monoisotopic (exact) mass is 281 g/mol. The predicted molar refractivity (Wildman–Crippen MR) is 77.2 cm³/mol. The van der Waals surface area contributed by atoms with Crippen molar-refractivity contribution in [2.45, 2.75) is 6.54 Å². The van der Waals surface area contributed by atoms with E-state index < -0.39 is 0 Å². The first kappa shape index (κ1) is 15.9. The molecule has 5 heteroatoms. The van der Waals surface area contributed by atoms with Gasteiger partial charge in [-0.05, 0) is 24.7 Å². The average molecular weight is 282 g/mol. The Hall–Kier alpha value is -1.12. The topological polar surface area (TPSA) is 48.3 Å². The van der Waals surface area contributed by atoms with E-state index in [-0.39, 0.29) is 0 Å². The number of nitriles is 1. The van der Waals surface area contributed by atoms with Crippen LogP contribution in [0.4, 0.5) is 0 Å². The van der Waals surface area contributed by atoms with E-state index in [9.17, 15) is 0 Å². The molecule has 0 bridgehead atoms. The van der Waals surface area contributed by atoms with Gasteiger partial charge in [-0.2, -0.15) is 5.26 Å². The van der Waals surface area contributed by atoms with Crippen molar-refractivity contribution >= 4 is 11.6 Å². The van der Waals surface area contributed by atoms with Gasteiger partial charge in [-0.1, -0.05) is 17.7 Å². The highest BCUT2D eigenvalue weighted by Gasteiger charge is 2.02. The fraction of sp³-hybridized carbons (Fsp3) is 0.500. The number of benzene rings is 1. The van der Waals surface area contributed by atoms with E-state index in [0.717, 1.165) is 31.8 Å². The standard InChI is InChI=1S/C14H20ClN3O/c1-18(7-8-19-2)6-5-17-11-13-4-3-12(10-16)9-14(13)15/h3-4,9,17H,5-8,11H2,1-2H3. The normalized spacial score (nSPS) is 10.7. The minimum absolute atomic E-state index is 0.591. The van der Waals surface area contributed by atoms with Gasteiger partial charge in [-0.25, -0.2) is 0 Å².